The highest BCUT2D eigenvalue weighted by Crippen LogP contribution is 2.35. The van der Waals surface area contributed by atoms with E-state index >= 15 is 0 Å². The Morgan fingerprint density at radius 1 is 1.10 bits per heavy atom. The third-order valence-corrected chi connectivity index (χ3v) is 7.97. The van der Waals surface area contributed by atoms with Gasteiger partial charge in [0.25, 0.3) is 5.91 Å². The number of carbonyl (C=O) groups is 1. The van der Waals surface area contributed by atoms with Crippen LogP contribution in [-0.2, 0) is 12.7 Å². The number of hydrogen-bond acceptors (Lipinski definition) is 5. The zero-order valence-corrected chi connectivity index (χ0v) is 22.3. The number of thiazole rings is 1. The monoisotopic (exact) mass is 570 g/mol. The van der Waals surface area contributed by atoms with E-state index in [1.54, 1.807) is 42.0 Å². The van der Waals surface area contributed by atoms with E-state index in [9.17, 15) is 18.0 Å². The van der Waals surface area contributed by atoms with Crippen molar-refractivity contribution in [2.45, 2.75) is 31.5 Å². The normalized spacial score (nSPS) is 14.3. The molecule has 3 heterocycles. The Morgan fingerprint density at radius 3 is 2.64 bits per heavy atom. The minimum Gasteiger partial charge on any atom is -0.467 e. The minimum absolute atomic E-state index is 0.220. The van der Waals surface area contributed by atoms with Crippen LogP contribution < -0.4 is 10.6 Å². The average Bonchev–Trinajstić information content (AvgIpc) is 3.65. The van der Waals surface area contributed by atoms with Gasteiger partial charge in [-0.2, -0.15) is 13.2 Å². The summed E-state index contributed by atoms with van der Waals surface area (Å²) in [7, 11) is 0. The summed E-state index contributed by atoms with van der Waals surface area (Å²) in [6, 6.07) is 15.6. The maximum Gasteiger partial charge on any atom is 0.416 e. The molecule has 0 saturated carbocycles. The number of furan rings is 1. The number of nitrogens with one attached hydrogen (secondary N) is 2. The summed E-state index contributed by atoms with van der Waals surface area (Å²) in [5.74, 6) is 0.633. The van der Waals surface area contributed by atoms with Crippen LogP contribution in [0.1, 0.15) is 45.6 Å². The third-order valence-electron chi connectivity index (χ3n) is 6.56. The van der Waals surface area contributed by atoms with Gasteiger partial charge in [0.2, 0.25) is 0 Å². The van der Waals surface area contributed by atoms with Crippen LogP contribution in [0.2, 0.25) is 0 Å². The topological polar surface area (TPSA) is 70.4 Å². The van der Waals surface area contributed by atoms with Gasteiger partial charge in [-0.15, -0.1) is 11.3 Å². The lowest BCUT2D eigenvalue weighted by atomic mass is 9.98. The molecule has 202 valence electrons. The highest BCUT2D eigenvalue weighted by atomic mass is 32.1. The van der Waals surface area contributed by atoms with Crippen LogP contribution in [0, 0.1) is 0 Å². The lowest BCUT2D eigenvalue weighted by molar-refractivity contribution is -0.137. The van der Waals surface area contributed by atoms with Gasteiger partial charge in [-0.3, -0.25) is 4.79 Å². The quantitative estimate of drug-likeness (QED) is 0.245. The summed E-state index contributed by atoms with van der Waals surface area (Å²) < 4.78 is 45.0. The van der Waals surface area contributed by atoms with Crippen molar-refractivity contribution in [2.24, 2.45) is 0 Å². The van der Waals surface area contributed by atoms with E-state index in [4.69, 9.17) is 16.6 Å². The number of anilines is 1. The van der Waals surface area contributed by atoms with Crippen molar-refractivity contribution in [3.63, 3.8) is 0 Å². The lowest BCUT2D eigenvalue weighted by Crippen LogP contribution is -2.43. The minimum atomic E-state index is -4.46. The van der Waals surface area contributed by atoms with E-state index in [1.807, 2.05) is 12.1 Å². The smallest absolute Gasteiger partial charge is 0.416 e. The molecule has 1 saturated heterocycles. The molecule has 0 atom stereocenters. The second kappa shape index (κ2) is 11.6. The molecule has 0 bridgehead atoms. The number of piperidine rings is 1. The molecule has 1 aliphatic rings. The molecular weight excluding hydrogens is 545 g/mol. The summed E-state index contributed by atoms with van der Waals surface area (Å²) in [6.45, 7) is 2.09. The van der Waals surface area contributed by atoms with Crippen molar-refractivity contribution < 1.29 is 22.4 Å². The molecule has 1 aliphatic heterocycles. The van der Waals surface area contributed by atoms with Gasteiger partial charge < -0.3 is 20.0 Å². The standard InChI is InChI=1S/C28H25F3N4O2S2/c29-28(30,31)20-6-3-5-19(15-20)22-8-1-2-9-23(22)33-25(36)24-17-39-26(34-24)18-10-12-35(13-11-18)27(38)32-16-21-7-4-14-37-21/h1-9,14-15,17-18H,10-13,16H2,(H,32,38)(H,33,36). The summed E-state index contributed by atoms with van der Waals surface area (Å²) in [5, 5.41) is 9.35. The first-order valence-electron chi connectivity index (χ1n) is 12.4. The molecule has 6 nitrogen and oxygen atoms in total. The number of aromatic nitrogens is 1. The molecule has 0 radical (unpaired) electrons. The number of thiocarbonyl (C=S) groups is 1. The number of hydrogen-bond donors (Lipinski definition) is 2. The predicted octanol–water partition coefficient (Wildman–Crippen LogP) is 6.93. The number of likely N-dealkylation sites (tertiary alicyclic amines) is 1. The zero-order chi connectivity index (χ0) is 27.4. The fraction of sp³-hybridized carbons (Fsp3) is 0.250. The van der Waals surface area contributed by atoms with E-state index in [1.165, 1.54) is 17.4 Å². The van der Waals surface area contributed by atoms with Crippen molar-refractivity contribution in [2.75, 3.05) is 18.4 Å². The van der Waals surface area contributed by atoms with Gasteiger partial charge in [-0.05, 0) is 61.0 Å². The Kier molecular flexibility index (Phi) is 7.99. The highest BCUT2D eigenvalue weighted by molar-refractivity contribution is 7.80. The maximum absolute atomic E-state index is 13.2. The summed E-state index contributed by atoms with van der Waals surface area (Å²) >= 11 is 6.97. The molecule has 5 rings (SSSR count). The molecule has 0 aliphatic carbocycles. The molecule has 0 unspecified atom stereocenters. The molecule has 2 aromatic heterocycles. The Bertz CT molecular complexity index is 1450. The first-order valence-corrected chi connectivity index (χ1v) is 13.7. The van der Waals surface area contributed by atoms with Crippen molar-refractivity contribution in [1.82, 2.24) is 15.2 Å². The van der Waals surface area contributed by atoms with Crippen LogP contribution in [0.5, 0.6) is 0 Å². The highest BCUT2D eigenvalue weighted by Gasteiger charge is 2.31. The number of amides is 1. The molecular formula is C28H25F3N4O2S2. The van der Waals surface area contributed by atoms with Crippen molar-refractivity contribution >= 4 is 40.3 Å². The number of para-hydroxylation sites is 1. The van der Waals surface area contributed by atoms with Gasteiger partial charge in [-0.25, -0.2) is 4.98 Å². The molecule has 0 spiro atoms. The number of halogens is 3. The number of rotatable bonds is 6. The van der Waals surface area contributed by atoms with Gasteiger partial charge in [-0.1, -0.05) is 30.3 Å². The summed E-state index contributed by atoms with van der Waals surface area (Å²) in [5.41, 5.74) is 0.817. The Hall–Kier alpha value is -3.70. The van der Waals surface area contributed by atoms with Crippen LogP contribution >= 0.6 is 23.6 Å². The number of benzene rings is 2. The summed E-state index contributed by atoms with van der Waals surface area (Å²) in [4.78, 5) is 19.8. The van der Waals surface area contributed by atoms with Crippen molar-refractivity contribution in [3.8, 4) is 11.1 Å². The molecule has 4 aromatic rings. The average molecular weight is 571 g/mol. The first kappa shape index (κ1) is 26.9. The molecule has 39 heavy (non-hydrogen) atoms. The Balaban J connectivity index is 1.20. The number of alkyl halides is 3. The Labute approximate surface area is 232 Å². The van der Waals surface area contributed by atoms with Gasteiger partial charge >= 0.3 is 6.18 Å². The van der Waals surface area contributed by atoms with Crippen LogP contribution in [0.4, 0.5) is 18.9 Å². The number of carbonyl (C=O) groups excluding carboxylic acids is 1. The first-order chi connectivity index (χ1) is 18.8. The molecule has 1 amide bonds. The SMILES string of the molecule is O=C(Nc1ccccc1-c1cccc(C(F)(F)F)c1)c1csc(C2CCN(C(=S)NCc3ccco3)CC2)n1. The fourth-order valence-corrected chi connectivity index (χ4v) is 5.72. The van der Waals surface area contributed by atoms with Gasteiger partial charge in [0.05, 0.1) is 23.4 Å². The molecule has 2 N–H and O–H groups in total. The lowest BCUT2D eigenvalue weighted by Gasteiger charge is -2.33. The predicted molar refractivity (Wildman–Crippen MR) is 149 cm³/mol. The van der Waals surface area contributed by atoms with Crippen molar-refractivity contribution in [1.29, 1.82) is 0 Å². The largest absolute Gasteiger partial charge is 0.467 e. The van der Waals surface area contributed by atoms with Crippen LogP contribution in [0.3, 0.4) is 0 Å². The van der Waals surface area contributed by atoms with Gasteiger partial charge in [0.1, 0.15) is 11.5 Å². The van der Waals surface area contributed by atoms with Crippen molar-refractivity contribution in [3.05, 3.63) is 94.3 Å². The van der Waals surface area contributed by atoms with E-state index in [2.05, 4.69) is 20.5 Å². The van der Waals surface area contributed by atoms with E-state index in [0.29, 0.717) is 28.5 Å². The van der Waals surface area contributed by atoms with Crippen LogP contribution in [0.15, 0.2) is 76.7 Å². The van der Waals surface area contributed by atoms with Crippen LogP contribution in [0.25, 0.3) is 11.1 Å². The summed E-state index contributed by atoms with van der Waals surface area (Å²) in [6.07, 6.45) is -1.11. The van der Waals surface area contributed by atoms with E-state index in [-0.39, 0.29) is 11.6 Å². The second-order valence-electron chi connectivity index (χ2n) is 9.15. The number of nitrogens with zero attached hydrogens (tertiary/aromatic N) is 2. The van der Waals surface area contributed by atoms with Gasteiger partial charge in [0, 0.05) is 35.6 Å². The van der Waals surface area contributed by atoms with Gasteiger partial charge in [0.15, 0.2) is 5.11 Å². The fourth-order valence-electron chi connectivity index (χ4n) is 4.49. The Morgan fingerprint density at radius 2 is 1.90 bits per heavy atom. The zero-order valence-electron chi connectivity index (χ0n) is 20.7. The van der Waals surface area contributed by atoms with Crippen LogP contribution in [-0.4, -0.2) is 34.0 Å². The second-order valence-corrected chi connectivity index (χ2v) is 10.4. The maximum atomic E-state index is 13.2. The molecule has 2 aromatic carbocycles. The molecule has 1 fully saturated rings. The van der Waals surface area contributed by atoms with E-state index in [0.717, 1.165) is 48.8 Å². The third kappa shape index (κ3) is 6.48. The molecule has 11 heteroatoms. The van der Waals surface area contributed by atoms with E-state index < -0.39 is 17.6 Å².